The molecule has 2 N–H and O–H groups in total. The molecule has 0 radical (unpaired) electrons. The maximum absolute atomic E-state index is 9.44. The lowest BCUT2D eigenvalue weighted by molar-refractivity contribution is 0.475. The van der Waals surface area contributed by atoms with Crippen LogP contribution in [0.15, 0.2) is 47.8 Å². The fourth-order valence-corrected chi connectivity index (χ4v) is 4.09. The molecule has 0 saturated carbocycles. The Morgan fingerprint density at radius 2 is 1.87 bits per heavy atom. The van der Waals surface area contributed by atoms with Crippen molar-refractivity contribution in [2.45, 2.75) is 0 Å². The van der Waals surface area contributed by atoms with Gasteiger partial charge in [-0.3, -0.25) is 0 Å². The van der Waals surface area contributed by atoms with Crippen molar-refractivity contribution in [3.05, 3.63) is 47.8 Å². The van der Waals surface area contributed by atoms with Crippen molar-refractivity contribution in [3.63, 3.8) is 0 Å². The van der Waals surface area contributed by atoms with Crippen LogP contribution < -0.4 is 5.32 Å². The number of aromatic nitrogens is 2. The Bertz CT molecular complexity index is 960. The molecule has 0 unspecified atom stereocenters. The van der Waals surface area contributed by atoms with Gasteiger partial charge in [0.25, 0.3) is 0 Å². The summed E-state index contributed by atoms with van der Waals surface area (Å²) in [4.78, 5) is 12.5. The number of phenolic OH excluding ortho intramolecular Hbond substituents is 1. The van der Waals surface area contributed by atoms with Gasteiger partial charge >= 0.3 is 0 Å². The molecule has 0 aliphatic heterocycles. The molecule has 0 saturated heterocycles. The molecular formula is C17H13N3OS2. The quantitative estimate of drug-likeness (QED) is 0.561. The van der Waals surface area contributed by atoms with Gasteiger partial charge in [-0.05, 0) is 47.3 Å². The number of rotatable bonds is 3. The number of hydrogen-bond donors (Lipinski definition) is 2. The van der Waals surface area contributed by atoms with E-state index >= 15 is 0 Å². The number of phenols is 1. The summed E-state index contributed by atoms with van der Waals surface area (Å²) < 4.78 is 0. The van der Waals surface area contributed by atoms with Crippen LogP contribution in [0.3, 0.4) is 0 Å². The Kier molecular flexibility index (Phi) is 3.48. The molecule has 0 amide bonds. The minimum absolute atomic E-state index is 0.269. The summed E-state index contributed by atoms with van der Waals surface area (Å²) in [6.45, 7) is 0. The second-order valence-electron chi connectivity index (χ2n) is 5.00. The lowest BCUT2D eigenvalue weighted by Crippen LogP contribution is -1.96. The first-order chi connectivity index (χ1) is 11.2. The molecule has 23 heavy (non-hydrogen) atoms. The van der Waals surface area contributed by atoms with E-state index in [1.807, 2.05) is 36.7 Å². The molecule has 0 aliphatic carbocycles. The van der Waals surface area contributed by atoms with Crippen molar-refractivity contribution in [3.8, 4) is 26.9 Å². The van der Waals surface area contributed by atoms with Crippen LogP contribution in [0, 0.1) is 0 Å². The van der Waals surface area contributed by atoms with E-state index in [1.54, 1.807) is 34.8 Å². The summed E-state index contributed by atoms with van der Waals surface area (Å²) in [6.07, 6.45) is 0. The number of hydrogen-bond acceptors (Lipinski definition) is 6. The van der Waals surface area contributed by atoms with Gasteiger partial charge in [0.05, 0.1) is 10.3 Å². The van der Waals surface area contributed by atoms with Crippen molar-refractivity contribution in [2.24, 2.45) is 0 Å². The van der Waals surface area contributed by atoms with E-state index in [-0.39, 0.29) is 5.75 Å². The molecule has 3 aromatic heterocycles. The lowest BCUT2D eigenvalue weighted by Gasteiger charge is -2.03. The van der Waals surface area contributed by atoms with E-state index in [0.29, 0.717) is 0 Å². The zero-order valence-corrected chi connectivity index (χ0v) is 13.9. The summed E-state index contributed by atoms with van der Waals surface area (Å²) >= 11 is 3.26. The Hall–Kier alpha value is -2.44. The number of fused-ring (bicyclic) bond motifs is 1. The average molecular weight is 339 g/mol. The largest absolute Gasteiger partial charge is 0.508 e. The monoisotopic (exact) mass is 339 g/mol. The van der Waals surface area contributed by atoms with Crippen LogP contribution in [0.25, 0.3) is 31.4 Å². The van der Waals surface area contributed by atoms with Crippen LogP contribution in [-0.4, -0.2) is 22.1 Å². The van der Waals surface area contributed by atoms with E-state index in [2.05, 4.69) is 16.4 Å². The summed E-state index contributed by atoms with van der Waals surface area (Å²) in [5, 5.41) is 15.6. The van der Waals surface area contributed by atoms with Crippen LogP contribution in [-0.2, 0) is 0 Å². The molecule has 0 spiro atoms. The first-order valence-electron chi connectivity index (χ1n) is 7.07. The Balaban J connectivity index is 1.89. The van der Waals surface area contributed by atoms with Gasteiger partial charge < -0.3 is 10.4 Å². The van der Waals surface area contributed by atoms with Gasteiger partial charge in [0.1, 0.15) is 16.4 Å². The molecule has 4 rings (SSSR count). The third-order valence-corrected chi connectivity index (χ3v) is 5.47. The molecule has 4 nitrogen and oxygen atoms in total. The normalized spacial score (nSPS) is 11.0. The smallest absolute Gasteiger partial charge is 0.173 e. The second-order valence-corrected chi connectivity index (χ2v) is 6.98. The van der Waals surface area contributed by atoms with E-state index < -0.39 is 0 Å². The zero-order chi connectivity index (χ0) is 15.8. The molecule has 0 fully saturated rings. The molecule has 1 aromatic carbocycles. The van der Waals surface area contributed by atoms with Gasteiger partial charge in [-0.25, -0.2) is 9.97 Å². The van der Waals surface area contributed by atoms with Crippen LogP contribution in [0.1, 0.15) is 0 Å². The van der Waals surface area contributed by atoms with Crippen molar-refractivity contribution in [1.82, 2.24) is 9.97 Å². The topological polar surface area (TPSA) is 58.0 Å². The molecule has 6 heteroatoms. The molecule has 4 aromatic rings. The van der Waals surface area contributed by atoms with E-state index in [4.69, 9.17) is 4.98 Å². The highest BCUT2D eigenvalue weighted by atomic mass is 32.1. The van der Waals surface area contributed by atoms with Gasteiger partial charge in [0.2, 0.25) is 0 Å². The lowest BCUT2D eigenvalue weighted by atomic mass is 10.2. The molecule has 0 bridgehead atoms. The third kappa shape index (κ3) is 2.56. The van der Waals surface area contributed by atoms with Crippen molar-refractivity contribution < 1.29 is 5.11 Å². The molecular weight excluding hydrogens is 326 g/mol. The van der Waals surface area contributed by atoms with Gasteiger partial charge in [0, 0.05) is 11.9 Å². The number of aromatic hydroxyl groups is 1. The Morgan fingerprint density at radius 3 is 2.57 bits per heavy atom. The third-order valence-electron chi connectivity index (χ3n) is 3.52. The predicted molar refractivity (Wildman–Crippen MR) is 97.4 cm³/mol. The van der Waals surface area contributed by atoms with E-state index in [1.165, 1.54) is 0 Å². The first-order valence-corrected chi connectivity index (χ1v) is 8.77. The summed E-state index contributed by atoms with van der Waals surface area (Å²) in [5.74, 6) is 1.85. The summed E-state index contributed by atoms with van der Waals surface area (Å²) in [7, 11) is 1.87. The fraction of sp³-hybridized carbons (Fsp3) is 0.0588. The van der Waals surface area contributed by atoms with Crippen LogP contribution in [0.4, 0.5) is 5.82 Å². The number of benzene rings is 1. The summed E-state index contributed by atoms with van der Waals surface area (Å²) in [6, 6.07) is 13.3. The van der Waals surface area contributed by atoms with Crippen LogP contribution >= 0.6 is 22.7 Å². The standard InChI is InChI=1S/C17H13N3OS2/c1-18-15-12-9-14(10-4-6-11(21)7-5-10)23-17(12)20-16(19-15)13-3-2-8-22-13/h2-9,21H,1H3,(H,18,19,20). The minimum Gasteiger partial charge on any atom is -0.508 e. The van der Waals surface area contributed by atoms with E-state index in [0.717, 1.165) is 37.2 Å². The van der Waals surface area contributed by atoms with E-state index in [9.17, 15) is 5.11 Å². The van der Waals surface area contributed by atoms with Crippen molar-refractivity contribution in [1.29, 1.82) is 0 Å². The molecule has 3 heterocycles. The van der Waals surface area contributed by atoms with Gasteiger partial charge in [0.15, 0.2) is 5.82 Å². The highest BCUT2D eigenvalue weighted by Gasteiger charge is 2.13. The Morgan fingerprint density at radius 1 is 1.04 bits per heavy atom. The summed E-state index contributed by atoms with van der Waals surface area (Å²) in [5.41, 5.74) is 1.06. The molecule has 0 aliphatic rings. The number of nitrogens with zero attached hydrogens (tertiary/aromatic N) is 2. The average Bonchev–Trinajstić information content (AvgIpc) is 3.23. The van der Waals surface area contributed by atoms with Crippen molar-refractivity contribution in [2.75, 3.05) is 12.4 Å². The van der Waals surface area contributed by atoms with Crippen LogP contribution in [0.5, 0.6) is 5.75 Å². The second kappa shape index (κ2) is 5.64. The number of nitrogens with one attached hydrogen (secondary N) is 1. The number of anilines is 1. The SMILES string of the molecule is CNc1nc(-c2cccs2)nc2sc(-c3ccc(O)cc3)cc12. The predicted octanol–water partition coefficient (Wildman–Crippen LogP) is 4.83. The van der Waals surface area contributed by atoms with Crippen LogP contribution in [0.2, 0.25) is 0 Å². The van der Waals surface area contributed by atoms with Gasteiger partial charge in [-0.1, -0.05) is 6.07 Å². The molecule has 114 valence electrons. The minimum atomic E-state index is 0.269. The highest BCUT2D eigenvalue weighted by molar-refractivity contribution is 7.22. The maximum Gasteiger partial charge on any atom is 0.173 e. The Labute approximate surface area is 141 Å². The van der Waals surface area contributed by atoms with Crippen molar-refractivity contribution >= 4 is 38.7 Å². The zero-order valence-electron chi connectivity index (χ0n) is 12.3. The molecule has 0 atom stereocenters. The van der Waals surface area contributed by atoms with Gasteiger partial charge in [-0.2, -0.15) is 0 Å². The fourth-order valence-electron chi connectivity index (χ4n) is 2.40. The first kappa shape index (κ1) is 14.2. The van der Waals surface area contributed by atoms with Gasteiger partial charge in [-0.15, -0.1) is 22.7 Å². The maximum atomic E-state index is 9.44. The number of thiophene rings is 2. The highest BCUT2D eigenvalue weighted by Crippen LogP contribution is 2.37.